The van der Waals surface area contributed by atoms with Crippen LogP contribution in [0.25, 0.3) is 0 Å². The van der Waals surface area contributed by atoms with Crippen LogP contribution >= 0.6 is 11.3 Å². The summed E-state index contributed by atoms with van der Waals surface area (Å²) in [6.07, 6.45) is 1.87. The number of carbonyl (C=O) groups is 1. The fourth-order valence-electron chi connectivity index (χ4n) is 3.55. The van der Waals surface area contributed by atoms with Crippen LogP contribution in [0, 0.1) is 0 Å². The van der Waals surface area contributed by atoms with Gasteiger partial charge in [0, 0.05) is 30.0 Å². The van der Waals surface area contributed by atoms with E-state index in [2.05, 4.69) is 21.7 Å². The van der Waals surface area contributed by atoms with Crippen molar-refractivity contribution in [2.24, 2.45) is 0 Å². The van der Waals surface area contributed by atoms with E-state index < -0.39 is 0 Å². The molecule has 0 radical (unpaired) electrons. The van der Waals surface area contributed by atoms with E-state index in [0.717, 1.165) is 37.2 Å². The van der Waals surface area contributed by atoms with Crippen molar-refractivity contribution in [1.82, 2.24) is 10.2 Å². The maximum atomic E-state index is 12.8. The predicted molar refractivity (Wildman–Crippen MR) is 95.3 cm³/mol. The standard InChI is InChI=1S/C19H22N2O2S/c1-13(21-9-6-18-14(12-21)8-11-24-18)19(22)20-16-7-10-23-17-5-3-2-4-15(16)17/h2-5,8,11,13,16H,6-7,9-10,12H2,1H3,(H,20,22)/t13-,16-/m0/s1. The number of nitrogens with one attached hydrogen (secondary N) is 1. The van der Waals surface area contributed by atoms with Crippen molar-refractivity contribution in [2.75, 3.05) is 13.2 Å². The summed E-state index contributed by atoms with van der Waals surface area (Å²) >= 11 is 1.83. The highest BCUT2D eigenvalue weighted by molar-refractivity contribution is 7.10. The molecule has 126 valence electrons. The van der Waals surface area contributed by atoms with E-state index in [1.165, 1.54) is 10.4 Å². The van der Waals surface area contributed by atoms with Gasteiger partial charge in [-0.25, -0.2) is 0 Å². The molecule has 2 atom stereocenters. The van der Waals surface area contributed by atoms with E-state index >= 15 is 0 Å². The van der Waals surface area contributed by atoms with Crippen molar-refractivity contribution in [3.05, 3.63) is 51.7 Å². The number of nitrogens with zero attached hydrogens (tertiary/aromatic N) is 1. The van der Waals surface area contributed by atoms with Crippen molar-refractivity contribution in [3.63, 3.8) is 0 Å². The highest BCUT2D eigenvalue weighted by Gasteiger charge is 2.29. The first-order valence-corrected chi connectivity index (χ1v) is 9.42. The minimum absolute atomic E-state index is 0.0476. The van der Waals surface area contributed by atoms with Gasteiger partial charge >= 0.3 is 0 Å². The molecule has 0 saturated heterocycles. The summed E-state index contributed by atoms with van der Waals surface area (Å²) in [5, 5.41) is 5.38. The Morgan fingerprint density at radius 2 is 2.25 bits per heavy atom. The lowest BCUT2D eigenvalue weighted by molar-refractivity contribution is -0.127. The minimum Gasteiger partial charge on any atom is -0.493 e. The summed E-state index contributed by atoms with van der Waals surface area (Å²) < 4.78 is 5.68. The predicted octanol–water partition coefficient (Wildman–Crippen LogP) is 3.13. The average molecular weight is 342 g/mol. The molecule has 0 spiro atoms. The summed E-state index contributed by atoms with van der Waals surface area (Å²) in [5.41, 5.74) is 2.46. The first kappa shape index (κ1) is 15.7. The van der Waals surface area contributed by atoms with Crippen LogP contribution in [0.2, 0.25) is 0 Å². The highest BCUT2D eigenvalue weighted by atomic mass is 32.1. The van der Waals surface area contributed by atoms with Gasteiger partial charge in [0.1, 0.15) is 5.75 Å². The van der Waals surface area contributed by atoms with Gasteiger partial charge in [-0.15, -0.1) is 11.3 Å². The largest absolute Gasteiger partial charge is 0.493 e. The lowest BCUT2D eigenvalue weighted by Gasteiger charge is -2.33. The Bertz CT molecular complexity index is 742. The van der Waals surface area contributed by atoms with Gasteiger partial charge < -0.3 is 10.1 Å². The van der Waals surface area contributed by atoms with Gasteiger partial charge in [-0.3, -0.25) is 9.69 Å². The molecule has 1 aromatic heterocycles. The molecule has 5 heteroatoms. The molecule has 2 aliphatic heterocycles. The average Bonchev–Trinajstić information content (AvgIpc) is 3.09. The fraction of sp³-hybridized carbons (Fsp3) is 0.421. The van der Waals surface area contributed by atoms with Gasteiger partial charge in [0.15, 0.2) is 0 Å². The number of ether oxygens (including phenoxy) is 1. The molecule has 0 unspecified atom stereocenters. The minimum atomic E-state index is -0.118. The number of benzene rings is 1. The molecule has 0 aliphatic carbocycles. The van der Waals surface area contributed by atoms with Crippen LogP contribution in [0.1, 0.15) is 35.4 Å². The number of thiophene rings is 1. The van der Waals surface area contributed by atoms with Crippen molar-refractivity contribution in [1.29, 1.82) is 0 Å². The van der Waals surface area contributed by atoms with E-state index in [1.54, 1.807) is 0 Å². The van der Waals surface area contributed by atoms with Crippen LogP contribution in [0.3, 0.4) is 0 Å². The number of para-hydroxylation sites is 1. The first-order chi connectivity index (χ1) is 11.7. The second-order valence-corrected chi connectivity index (χ2v) is 7.50. The van der Waals surface area contributed by atoms with Gasteiger partial charge in [0.25, 0.3) is 0 Å². The topological polar surface area (TPSA) is 41.6 Å². The van der Waals surface area contributed by atoms with E-state index in [1.807, 2.05) is 42.5 Å². The Labute approximate surface area is 146 Å². The zero-order chi connectivity index (χ0) is 16.5. The molecule has 2 aromatic rings. The fourth-order valence-corrected chi connectivity index (χ4v) is 4.44. The van der Waals surface area contributed by atoms with Crippen LogP contribution in [-0.2, 0) is 17.8 Å². The Balaban J connectivity index is 1.43. The van der Waals surface area contributed by atoms with Crippen LogP contribution in [-0.4, -0.2) is 30.0 Å². The maximum Gasteiger partial charge on any atom is 0.237 e. The van der Waals surface area contributed by atoms with Crippen molar-refractivity contribution in [3.8, 4) is 5.75 Å². The summed E-state index contributed by atoms with van der Waals surface area (Å²) in [6.45, 7) is 4.49. The Hall–Kier alpha value is -1.85. The lowest BCUT2D eigenvalue weighted by Crippen LogP contribution is -2.48. The highest BCUT2D eigenvalue weighted by Crippen LogP contribution is 2.32. The van der Waals surface area contributed by atoms with Gasteiger partial charge in [0.2, 0.25) is 5.91 Å². The summed E-state index contributed by atoms with van der Waals surface area (Å²) in [6, 6.07) is 10.1. The first-order valence-electron chi connectivity index (χ1n) is 8.54. The third-order valence-electron chi connectivity index (χ3n) is 5.04. The van der Waals surface area contributed by atoms with Gasteiger partial charge in [0.05, 0.1) is 18.7 Å². The normalized spacial score (nSPS) is 21.3. The molecular formula is C19H22N2O2S. The Kier molecular flexibility index (Phi) is 4.29. The van der Waals surface area contributed by atoms with Crippen LogP contribution in [0.15, 0.2) is 35.7 Å². The summed E-state index contributed by atoms with van der Waals surface area (Å²) in [4.78, 5) is 16.5. The van der Waals surface area contributed by atoms with Crippen molar-refractivity contribution < 1.29 is 9.53 Å². The number of carbonyl (C=O) groups excluding carboxylic acids is 1. The summed E-state index contributed by atoms with van der Waals surface area (Å²) in [7, 11) is 0. The third-order valence-corrected chi connectivity index (χ3v) is 6.06. The van der Waals surface area contributed by atoms with Gasteiger partial charge in [-0.05, 0) is 36.4 Å². The SMILES string of the molecule is C[C@@H](C(=O)N[C@H]1CCOc2ccccc21)N1CCc2sccc2C1. The molecule has 1 N–H and O–H groups in total. The number of fused-ring (bicyclic) bond motifs is 2. The van der Waals surface area contributed by atoms with Gasteiger partial charge in [-0.2, -0.15) is 0 Å². The number of hydrogen-bond donors (Lipinski definition) is 1. The summed E-state index contributed by atoms with van der Waals surface area (Å²) in [5.74, 6) is 0.998. The number of rotatable bonds is 3. The number of amides is 1. The number of hydrogen-bond acceptors (Lipinski definition) is 4. The zero-order valence-electron chi connectivity index (χ0n) is 13.8. The molecule has 0 fully saturated rings. The molecular weight excluding hydrogens is 320 g/mol. The monoisotopic (exact) mass is 342 g/mol. The third kappa shape index (κ3) is 2.94. The molecule has 1 aromatic carbocycles. The van der Waals surface area contributed by atoms with E-state index in [4.69, 9.17) is 4.74 Å². The molecule has 24 heavy (non-hydrogen) atoms. The molecule has 3 heterocycles. The van der Waals surface area contributed by atoms with Crippen molar-refractivity contribution >= 4 is 17.2 Å². The Morgan fingerprint density at radius 1 is 1.38 bits per heavy atom. The molecule has 4 nitrogen and oxygen atoms in total. The van der Waals surface area contributed by atoms with Crippen LogP contribution < -0.4 is 10.1 Å². The smallest absolute Gasteiger partial charge is 0.237 e. The lowest BCUT2D eigenvalue weighted by atomic mass is 10.00. The van der Waals surface area contributed by atoms with E-state index in [9.17, 15) is 4.79 Å². The second kappa shape index (κ2) is 6.57. The molecule has 4 rings (SSSR count). The van der Waals surface area contributed by atoms with E-state index in [0.29, 0.717) is 6.61 Å². The van der Waals surface area contributed by atoms with E-state index in [-0.39, 0.29) is 18.0 Å². The molecule has 0 bridgehead atoms. The molecule has 1 amide bonds. The van der Waals surface area contributed by atoms with Crippen LogP contribution in [0.4, 0.5) is 0 Å². The Morgan fingerprint density at radius 3 is 3.17 bits per heavy atom. The zero-order valence-corrected chi connectivity index (χ0v) is 14.6. The van der Waals surface area contributed by atoms with Gasteiger partial charge in [-0.1, -0.05) is 18.2 Å². The second-order valence-electron chi connectivity index (χ2n) is 6.50. The van der Waals surface area contributed by atoms with Crippen LogP contribution in [0.5, 0.6) is 5.75 Å². The van der Waals surface area contributed by atoms with Crippen molar-refractivity contribution in [2.45, 2.75) is 38.4 Å². The maximum absolute atomic E-state index is 12.8. The molecule has 0 saturated carbocycles. The quantitative estimate of drug-likeness (QED) is 0.932. The molecule has 2 aliphatic rings.